The largest absolute Gasteiger partial charge is 0.416 e. The molecule has 1 aromatic heterocycles. The van der Waals surface area contributed by atoms with Crippen LogP contribution in [0.15, 0.2) is 29.8 Å². The van der Waals surface area contributed by atoms with Crippen molar-refractivity contribution in [3.63, 3.8) is 0 Å². The fourth-order valence-corrected chi connectivity index (χ4v) is 5.07. The van der Waals surface area contributed by atoms with Crippen molar-refractivity contribution >= 4 is 33.1 Å². The Morgan fingerprint density at radius 2 is 1.97 bits per heavy atom. The third kappa shape index (κ3) is 6.04. The first-order valence-corrected chi connectivity index (χ1v) is 12.0. The topological polar surface area (TPSA) is 76.1 Å². The number of hydrogen-bond acceptors (Lipinski definition) is 5. The molecule has 1 N–H and O–H groups in total. The van der Waals surface area contributed by atoms with Gasteiger partial charge in [0.2, 0.25) is 5.91 Å². The van der Waals surface area contributed by atoms with Crippen molar-refractivity contribution in [3.8, 4) is 0 Å². The van der Waals surface area contributed by atoms with E-state index in [1.54, 1.807) is 5.38 Å². The van der Waals surface area contributed by atoms with E-state index in [4.69, 9.17) is 0 Å². The van der Waals surface area contributed by atoms with Crippen molar-refractivity contribution < 1.29 is 26.4 Å². The summed E-state index contributed by atoms with van der Waals surface area (Å²) < 4.78 is 62.8. The molecule has 5 nitrogen and oxygen atoms in total. The van der Waals surface area contributed by atoms with Crippen molar-refractivity contribution in [2.24, 2.45) is 5.92 Å². The van der Waals surface area contributed by atoms with Crippen LogP contribution in [0.1, 0.15) is 61.1 Å². The number of thiol groups is 1. The number of carbonyl (C=O) groups excluding carboxylic acids is 1. The van der Waals surface area contributed by atoms with Crippen LogP contribution in [-0.4, -0.2) is 19.3 Å². The number of anilines is 1. The molecule has 2 aromatic rings. The van der Waals surface area contributed by atoms with Gasteiger partial charge in [0.25, 0.3) is 0 Å². The Morgan fingerprint density at radius 1 is 1.23 bits per heavy atom. The first-order chi connectivity index (χ1) is 14.2. The van der Waals surface area contributed by atoms with Crippen LogP contribution in [0.5, 0.6) is 0 Å². The summed E-state index contributed by atoms with van der Waals surface area (Å²) in [7, 11) is -3.01. The van der Waals surface area contributed by atoms with Gasteiger partial charge >= 0.3 is 6.18 Å². The summed E-state index contributed by atoms with van der Waals surface area (Å²) in [6, 6.07) is 3.55. The predicted octanol–water partition coefficient (Wildman–Crippen LogP) is 4.97. The van der Waals surface area contributed by atoms with Crippen molar-refractivity contribution in [2.45, 2.75) is 56.4 Å². The highest BCUT2D eigenvalue weighted by Gasteiger charge is 2.35. The number of halogens is 3. The minimum Gasteiger partial charge on any atom is -0.301 e. The van der Waals surface area contributed by atoms with E-state index in [0.717, 1.165) is 38.2 Å². The molecule has 0 spiro atoms. The lowest BCUT2D eigenvalue weighted by Crippen LogP contribution is -2.25. The van der Waals surface area contributed by atoms with E-state index in [9.17, 15) is 26.4 Å². The van der Waals surface area contributed by atoms with Crippen LogP contribution >= 0.6 is 11.3 Å². The van der Waals surface area contributed by atoms with E-state index >= 15 is 0 Å². The van der Waals surface area contributed by atoms with Gasteiger partial charge in [0.15, 0.2) is 5.13 Å². The van der Waals surface area contributed by atoms with Crippen LogP contribution in [-0.2, 0) is 27.4 Å². The fraction of sp³-hybridized carbons (Fsp3) is 0.500. The molecule has 1 heterocycles. The molecular formula is C20H23F3N2O3S2. The molecule has 0 saturated heterocycles. The van der Waals surface area contributed by atoms with Gasteiger partial charge in [-0.25, -0.2) is 13.4 Å². The van der Waals surface area contributed by atoms with Crippen molar-refractivity contribution in [3.05, 3.63) is 46.5 Å². The van der Waals surface area contributed by atoms with Crippen molar-refractivity contribution in [1.82, 2.24) is 4.98 Å². The lowest BCUT2D eigenvalue weighted by Gasteiger charge is -2.27. The van der Waals surface area contributed by atoms with E-state index in [2.05, 4.69) is 10.3 Å². The zero-order valence-corrected chi connectivity index (χ0v) is 17.9. The highest BCUT2D eigenvalue weighted by molar-refractivity contribution is 7.71. The zero-order valence-electron chi connectivity index (χ0n) is 16.2. The van der Waals surface area contributed by atoms with Gasteiger partial charge in [-0.15, -0.1) is 11.3 Å². The molecule has 1 aliphatic carbocycles. The number of nitrogens with zero attached hydrogens (tertiary/aromatic N) is 1. The van der Waals surface area contributed by atoms with Gasteiger partial charge in [-0.1, -0.05) is 44.2 Å². The van der Waals surface area contributed by atoms with Gasteiger partial charge < -0.3 is 5.32 Å². The molecule has 1 atom stereocenters. The van der Waals surface area contributed by atoms with E-state index < -0.39 is 40.0 Å². The third-order valence-electron chi connectivity index (χ3n) is 5.41. The predicted molar refractivity (Wildman–Crippen MR) is 110 cm³/mol. The Balaban J connectivity index is 1.95. The normalized spacial score (nSPS) is 16.5. The number of aromatic nitrogens is 1. The maximum atomic E-state index is 13.6. The average molecular weight is 461 g/mol. The summed E-state index contributed by atoms with van der Waals surface area (Å²) in [5.41, 5.74) is -1.07. The first-order valence-electron chi connectivity index (χ1n) is 9.76. The Labute approximate surface area is 178 Å². The number of alkyl halides is 3. The summed E-state index contributed by atoms with van der Waals surface area (Å²) in [6.07, 6.45) is 2.40. The molecule has 0 radical (unpaired) electrons. The number of amides is 1. The monoisotopic (exact) mass is 460 g/mol. The van der Waals surface area contributed by atoms with Crippen molar-refractivity contribution in [2.75, 3.05) is 5.32 Å². The van der Waals surface area contributed by atoms with Crippen LogP contribution < -0.4 is 5.32 Å². The second kappa shape index (κ2) is 9.91. The fourth-order valence-electron chi connectivity index (χ4n) is 3.98. The van der Waals surface area contributed by atoms with Crippen LogP contribution in [0.2, 0.25) is 0 Å². The van der Waals surface area contributed by atoms with E-state index in [1.165, 1.54) is 29.7 Å². The number of hydrogen-bond donors (Lipinski definition) is 2. The second-order valence-corrected chi connectivity index (χ2v) is 9.40. The van der Waals surface area contributed by atoms with E-state index in [-0.39, 0.29) is 17.0 Å². The van der Waals surface area contributed by atoms with Gasteiger partial charge in [-0.05, 0) is 29.5 Å². The quantitative estimate of drug-likeness (QED) is 0.573. The smallest absolute Gasteiger partial charge is 0.301 e. The minimum absolute atomic E-state index is 0.242. The maximum absolute atomic E-state index is 13.6. The standard InChI is InChI=1S/C20H23F3N2O3S2/c21-20(22,23)17-11-14(6-7-15(17)12-30(27)28)16(10-13-4-2-1-3-5-13)18(26)25-19-24-8-9-29-19/h6-9,11,13,16,30H,1-5,10,12H2,(H,24,25,26). The first kappa shape index (κ1) is 22.7. The second-order valence-electron chi connectivity index (χ2n) is 7.52. The highest BCUT2D eigenvalue weighted by Crippen LogP contribution is 2.38. The van der Waals surface area contributed by atoms with Crippen LogP contribution in [0.3, 0.4) is 0 Å². The summed E-state index contributed by atoms with van der Waals surface area (Å²) in [5.74, 6) is -1.60. The minimum atomic E-state index is -4.71. The highest BCUT2D eigenvalue weighted by atomic mass is 32.2. The molecule has 1 amide bonds. The van der Waals surface area contributed by atoms with Gasteiger partial charge in [-0.2, -0.15) is 13.2 Å². The van der Waals surface area contributed by atoms with Gasteiger partial charge in [0.1, 0.15) is 10.7 Å². The van der Waals surface area contributed by atoms with Crippen LogP contribution in [0.4, 0.5) is 18.3 Å². The number of benzene rings is 1. The summed E-state index contributed by atoms with van der Waals surface area (Å²) in [6.45, 7) is 0. The Kier molecular flexibility index (Phi) is 7.51. The summed E-state index contributed by atoms with van der Waals surface area (Å²) >= 11 is 1.24. The SMILES string of the molecule is O=C(Nc1nccs1)C(CC1CCCCC1)c1ccc(C[SH](=O)=O)c(C(F)(F)F)c1. The third-order valence-corrected chi connectivity index (χ3v) is 6.70. The Bertz CT molecular complexity index is 929. The van der Waals surface area contributed by atoms with Crippen molar-refractivity contribution in [1.29, 1.82) is 0 Å². The molecule has 1 fully saturated rings. The van der Waals surface area contributed by atoms with Crippen LogP contribution in [0.25, 0.3) is 0 Å². The number of nitrogens with one attached hydrogen (secondary N) is 1. The molecule has 10 heteroatoms. The van der Waals surface area contributed by atoms with Gasteiger partial charge in [-0.3, -0.25) is 4.79 Å². The molecule has 0 aliphatic heterocycles. The Morgan fingerprint density at radius 3 is 2.57 bits per heavy atom. The molecule has 0 bridgehead atoms. The molecule has 164 valence electrons. The van der Waals surface area contributed by atoms with Gasteiger partial charge in [0, 0.05) is 11.6 Å². The van der Waals surface area contributed by atoms with Crippen LogP contribution in [0, 0.1) is 5.92 Å². The van der Waals surface area contributed by atoms with E-state index in [0.29, 0.717) is 11.6 Å². The molecule has 3 rings (SSSR count). The van der Waals surface area contributed by atoms with E-state index in [1.807, 2.05) is 0 Å². The maximum Gasteiger partial charge on any atom is 0.416 e. The number of carbonyl (C=O) groups is 1. The molecule has 1 aromatic carbocycles. The summed E-state index contributed by atoms with van der Waals surface area (Å²) in [4.78, 5) is 17.0. The number of rotatable bonds is 7. The lowest BCUT2D eigenvalue weighted by atomic mass is 9.80. The molecule has 30 heavy (non-hydrogen) atoms. The van der Waals surface area contributed by atoms with Gasteiger partial charge in [0.05, 0.1) is 17.2 Å². The number of thiazole rings is 1. The average Bonchev–Trinajstić information content (AvgIpc) is 3.19. The summed E-state index contributed by atoms with van der Waals surface area (Å²) in [5, 5.41) is 4.80. The molecule has 1 saturated carbocycles. The lowest BCUT2D eigenvalue weighted by molar-refractivity contribution is -0.138. The molecule has 1 unspecified atom stereocenters. The Hall–Kier alpha value is -1.94. The molecular weight excluding hydrogens is 437 g/mol. The molecule has 1 aliphatic rings. The zero-order chi connectivity index (χ0) is 21.7.